The molecule has 0 aliphatic carbocycles. The summed E-state index contributed by atoms with van der Waals surface area (Å²) in [5.41, 5.74) is 0.255. The molecule has 1 aliphatic heterocycles. The van der Waals surface area contributed by atoms with Crippen molar-refractivity contribution in [3.8, 4) is 0 Å². The van der Waals surface area contributed by atoms with E-state index in [9.17, 15) is 4.79 Å². The van der Waals surface area contributed by atoms with Gasteiger partial charge in [0.25, 0.3) is 0 Å². The lowest BCUT2D eigenvalue weighted by molar-refractivity contribution is -0.146. The third-order valence-electron chi connectivity index (χ3n) is 2.24. The molecule has 1 heterocycles. The Kier molecular flexibility index (Phi) is 2.68. The highest BCUT2D eigenvalue weighted by atomic mass is 35.5. The van der Waals surface area contributed by atoms with Crippen LogP contribution in [0.4, 0.5) is 0 Å². The molecule has 0 fully saturated rings. The topological polar surface area (TPSA) is 29.5 Å². The summed E-state index contributed by atoms with van der Waals surface area (Å²) in [7, 11) is 3.86. The summed E-state index contributed by atoms with van der Waals surface area (Å²) in [5, 5.41) is 0.226. The van der Waals surface area contributed by atoms with Crippen LogP contribution in [-0.4, -0.2) is 37.1 Å². The van der Waals surface area contributed by atoms with Crippen LogP contribution in [0.15, 0.2) is 10.6 Å². The molecule has 0 bridgehead atoms. The molecule has 0 radical (unpaired) electrons. The normalized spacial score (nSPS) is 28.6. The van der Waals surface area contributed by atoms with E-state index < -0.39 is 11.6 Å². The van der Waals surface area contributed by atoms with Gasteiger partial charge in [-0.05, 0) is 33.5 Å². The summed E-state index contributed by atoms with van der Waals surface area (Å²) >= 11 is 5.77. The fourth-order valence-electron chi connectivity index (χ4n) is 1.47. The van der Waals surface area contributed by atoms with Gasteiger partial charge < -0.3 is 9.64 Å². The van der Waals surface area contributed by atoms with Crippen LogP contribution in [0.3, 0.4) is 0 Å². The van der Waals surface area contributed by atoms with E-state index in [0.717, 1.165) is 5.57 Å². The van der Waals surface area contributed by atoms with E-state index in [1.165, 1.54) is 0 Å². The SMILES string of the molecule is CC1=C(Cl)C(=O)OC1(C)CN(C)C. The predicted octanol–water partition coefficient (Wildman–Crippen LogP) is 1.38. The monoisotopic (exact) mass is 203 g/mol. The second kappa shape index (κ2) is 3.31. The molecule has 0 amide bonds. The van der Waals surface area contributed by atoms with Crippen LogP contribution in [0.5, 0.6) is 0 Å². The number of esters is 1. The molecule has 3 nitrogen and oxygen atoms in total. The van der Waals surface area contributed by atoms with Crippen molar-refractivity contribution in [2.75, 3.05) is 20.6 Å². The van der Waals surface area contributed by atoms with Crippen LogP contribution in [0, 0.1) is 0 Å². The molecule has 74 valence electrons. The quantitative estimate of drug-likeness (QED) is 0.635. The number of carbonyl (C=O) groups is 1. The van der Waals surface area contributed by atoms with E-state index in [1.807, 2.05) is 32.8 Å². The minimum absolute atomic E-state index is 0.226. The lowest BCUT2D eigenvalue weighted by atomic mass is 9.98. The highest BCUT2D eigenvalue weighted by molar-refractivity contribution is 6.42. The molecule has 0 spiro atoms. The van der Waals surface area contributed by atoms with Gasteiger partial charge in [-0.3, -0.25) is 0 Å². The fraction of sp³-hybridized carbons (Fsp3) is 0.667. The van der Waals surface area contributed by atoms with E-state index >= 15 is 0 Å². The number of hydrogen-bond donors (Lipinski definition) is 0. The van der Waals surface area contributed by atoms with Gasteiger partial charge in [-0.1, -0.05) is 11.6 Å². The van der Waals surface area contributed by atoms with Gasteiger partial charge in [0.15, 0.2) is 0 Å². The van der Waals surface area contributed by atoms with Crippen molar-refractivity contribution >= 4 is 17.6 Å². The number of cyclic esters (lactones) is 1. The van der Waals surface area contributed by atoms with Crippen molar-refractivity contribution in [1.82, 2.24) is 4.90 Å². The minimum Gasteiger partial charge on any atom is -0.449 e. The number of nitrogens with zero attached hydrogens (tertiary/aromatic N) is 1. The number of likely N-dealkylation sites (N-methyl/N-ethyl adjacent to an activating group) is 1. The molecular formula is C9H14ClNO2. The van der Waals surface area contributed by atoms with Gasteiger partial charge in [0.2, 0.25) is 0 Å². The summed E-state index contributed by atoms with van der Waals surface area (Å²) in [6.45, 7) is 4.35. The standard InChI is InChI=1S/C9H14ClNO2/c1-6-7(10)8(12)13-9(6,2)5-11(3)4/h5H2,1-4H3. The Bertz CT molecular complexity index is 273. The molecule has 0 saturated heterocycles. The summed E-state index contributed by atoms with van der Waals surface area (Å²) in [4.78, 5) is 13.1. The van der Waals surface area contributed by atoms with Crippen molar-refractivity contribution in [3.05, 3.63) is 10.6 Å². The smallest absolute Gasteiger partial charge is 0.350 e. The van der Waals surface area contributed by atoms with Crippen molar-refractivity contribution < 1.29 is 9.53 Å². The summed E-state index contributed by atoms with van der Waals surface area (Å²) in [6, 6.07) is 0. The Morgan fingerprint density at radius 1 is 1.54 bits per heavy atom. The zero-order valence-corrected chi connectivity index (χ0v) is 9.10. The molecule has 1 aliphatic rings. The van der Waals surface area contributed by atoms with Gasteiger partial charge in [0, 0.05) is 6.54 Å². The molecule has 0 aromatic rings. The van der Waals surface area contributed by atoms with Crippen LogP contribution in [-0.2, 0) is 9.53 Å². The van der Waals surface area contributed by atoms with E-state index in [2.05, 4.69) is 0 Å². The zero-order chi connectivity index (χ0) is 10.2. The molecule has 0 aromatic heterocycles. The first-order valence-corrected chi connectivity index (χ1v) is 4.49. The van der Waals surface area contributed by atoms with Gasteiger partial charge in [-0.15, -0.1) is 0 Å². The molecule has 1 atom stereocenters. The first-order chi connectivity index (χ1) is 5.87. The highest BCUT2D eigenvalue weighted by Gasteiger charge is 2.41. The Morgan fingerprint density at radius 3 is 2.38 bits per heavy atom. The van der Waals surface area contributed by atoms with Crippen molar-refractivity contribution in [3.63, 3.8) is 0 Å². The van der Waals surface area contributed by atoms with Crippen LogP contribution >= 0.6 is 11.6 Å². The molecule has 0 N–H and O–H groups in total. The van der Waals surface area contributed by atoms with Crippen molar-refractivity contribution in [2.45, 2.75) is 19.4 Å². The molecule has 4 heteroatoms. The molecule has 1 rings (SSSR count). The number of carbonyl (C=O) groups excluding carboxylic acids is 1. The summed E-state index contributed by atoms with van der Waals surface area (Å²) in [6.07, 6.45) is 0. The number of ether oxygens (including phenoxy) is 1. The van der Waals surface area contributed by atoms with Gasteiger partial charge in [-0.2, -0.15) is 0 Å². The van der Waals surface area contributed by atoms with Crippen LogP contribution in [0.2, 0.25) is 0 Å². The zero-order valence-electron chi connectivity index (χ0n) is 8.35. The van der Waals surface area contributed by atoms with E-state index in [4.69, 9.17) is 16.3 Å². The van der Waals surface area contributed by atoms with Gasteiger partial charge in [0.1, 0.15) is 10.6 Å². The average Bonchev–Trinajstić information content (AvgIpc) is 2.14. The Morgan fingerprint density at radius 2 is 2.08 bits per heavy atom. The van der Waals surface area contributed by atoms with Crippen molar-refractivity contribution in [1.29, 1.82) is 0 Å². The number of rotatable bonds is 2. The largest absolute Gasteiger partial charge is 0.449 e. The Labute approximate surface area is 83.3 Å². The van der Waals surface area contributed by atoms with Gasteiger partial charge in [-0.25, -0.2) is 4.79 Å². The van der Waals surface area contributed by atoms with Crippen LogP contribution < -0.4 is 0 Å². The minimum atomic E-state index is -0.558. The lowest BCUT2D eigenvalue weighted by Crippen LogP contribution is -2.39. The average molecular weight is 204 g/mol. The molecule has 0 aromatic carbocycles. The van der Waals surface area contributed by atoms with E-state index in [-0.39, 0.29) is 5.03 Å². The summed E-state index contributed by atoms with van der Waals surface area (Å²) < 4.78 is 5.20. The third-order valence-corrected chi connectivity index (χ3v) is 2.68. The highest BCUT2D eigenvalue weighted by Crippen LogP contribution is 2.34. The maximum Gasteiger partial charge on any atom is 0.350 e. The Balaban J connectivity index is 2.90. The predicted molar refractivity (Wildman–Crippen MR) is 51.6 cm³/mol. The first-order valence-electron chi connectivity index (χ1n) is 4.12. The van der Waals surface area contributed by atoms with Gasteiger partial charge >= 0.3 is 5.97 Å². The number of hydrogen-bond acceptors (Lipinski definition) is 3. The second-order valence-electron chi connectivity index (χ2n) is 3.80. The van der Waals surface area contributed by atoms with Crippen LogP contribution in [0.25, 0.3) is 0 Å². The van der Waals surface area contributed by atoms with Crippen molar-refractivity contribution in [2.24, 2.45) is 0 Å². The molecule has 1 unspecified atom stereocenters. The second-order valence-corrected chi connectivity index (χ2v) is 4.18. The number of halogens is 1. The molecular weight excluding hydrogens is 190 g/mol. The molecule has 0 saturated carbocycles. The third kappa shape index (κ3) is 1.86. The Hall–Kier alpha value is -0.540. The van der Waals surface area contributed by atoms with Gasteiger partial charge in [0.05, 0.1) is 0 Å². The lowest BCUT2D eigenvalue weighted by Gasteiger charge is -2.28. The summed E-state index contributed by atoms with van der Waals surface area (Å²) in [5.74, 6) is -0.413. The molecule has 13 heavy (non-hydrogen) atoms. The van der Waals surface area contributed by atoms with Crippen LogP contribution in [0.1, 0.15) is 13.8 Å². The first kappa shape index (κ1) is 10.5. The van der Waals surface area contributed by atoms with E-state index in [1.54, 1.807) is 0 Å². The maximum absolute atomic E-state index is 11.2. The maximum atomic E-state index is 11.2. The fourth-order valence-corrected chi connectivity index (χ4v) is 1.70. The van der Waals surface area contributed by atoms with E-state index in [0.29, 0.717) is 6.54 Å².